The van der Waals surface area contributed by atoms with Crippen molar-refractivity contribution in [2.75, 3.05) is 13.7 Å². The van der Waals surface area contributed by atoms with Crippen LogP contribution in [0.1, 0.15) is 41.9 Å². The molecule has 0 saturated carbocycles. The van der Waals surface area contributed by atoms with E-state index in [1.165, 1.54) is 0 Å². The van der Waals surface area contributed by atoms with Crippen molar-refractivity contribution in [3.63, 3.8) is 0 Å². The summed E-state index contributed by atoms with van der Waals surface area (Å²) >= 11 is 0. The van der Waals surface area contributed by atoms with Gasteiger partial charge in [-0.25, -0.2) is 0 Å². The fourth-order valence-corrected chi connectivity index (χ4v) is 1.73. The third-order valence-electron chi connectivity index (χ3n) is 2.95. The molecule has 0 unspecified atom stereocenters. The number of hydrogen-bond donors (Lipinski definition) is 1. The second-order valence-electron chi connectivity index (χ2n) is 4.92. The standard InChI is InChI=1S/C15H19N3O3/c1-10(2)15-18-17-13(21-15)8-9-16-14(19)11-4-6-12(20-3)7-5-11/h4-7,10H,8-9H2,1-3H3,(H,16,19). The first-order chi connectivity index (χ1) is 10.1. The summed E-state index contributed by atoms with van der Waals surface area (Å²) in [6.45, 7) is 4.43. The Bertz CT molecular complexity index is 590. The molecule has 0 bridgehead atoms. The van der Waals surface area contributed by atoms with Gasteiger partial charge in [0.25, 0.3) is 5.91 Å². The lowest BCUT2D eigenvalue weighted by Gasteiger charge is -2.04. The van der Waals surface area contributed by atoms with Crippen molar-refractivity contribution in [1.82, 2.24) is 15.5 Å². The molecule has 0 saturated heterocycles. The van der Waals surface area contributed by atoms with Crippen LogP contribution in [0, 0.1) is 0 Å². The van der Waals surface area contributed by atoms with E-state index in [0.717, 1.165) is 5.75 Å². The van der Waals surface area contributed by atoms with E-state index in [0.29, 0.717) is 30.3 Å². The van der Waals surface area contributed by atoms with Crippen LogP contribution < -0.4 is 10.1 Å². The van der Waals surface area contributed by atoms with Crippen LogP contribution in [0.5, 0.6) is 5.75 Å². The third-order valence-corrected chi connectivity index (χ3v) is 2.95. The molecule has 0 spiro atoms. The molecular weight excluding hydrogens is 270 g/mol. The summed E-state index contributed by atoms with van der Waals surface area (Å²) < 4.78 is 10.5. The van der Waals surface area contributed by atoms with E-state index in [1.54, 1.807) is 31.4 Å². The number of nitrogens with one attached hydrogen (secondary N) is 1. The predicted molar refractivity (Wildman–Crippen MR) is 77.4 cm³/mol. The zero-order valence-electron chi connectivity index (χ0n) is 12.4. The largest absolute Gasteiger partial charge is 0.497 e. The van der Waals surface area contributed by atoms with Crippen LogP contribution in [-0.2, 0) is 6.42 Å². The molecule has 0 aliphatic rings. The summed E-state index contributed by atoms with van der Waals surface area (Å²) in [5.41, 5.74) is 0.587. The number of nitrogens with zero attached hydrogens (tertiary/aromatic N) is 2. The summed E-state index contributed by atoms with van der Waals surface area (Å²) in [5.74, 6) is 1.94. The fourth-order valence-electron chi connectivity index (χ4n) is 1.73. The van der Waals surface area contributed by atoms with Crippen molar-refractivity contribution in [2.24, 2.45) is 0 Å². The number of aromatic nitrogens is 2. The number of rotatable bonds is 6. The maximum absolute atomic E-state index is 11.9. The van der Waals surface area contributed by atoms with E-state index in [-0.39, 0.29) is 11.8 Å². The molecule has 0 aliphatic heterocycles. The maximum Gasteiger partial charge on any atom is 0.251 e. The van der Waals surface area contributed by atoms with Gasteiger partial charge in [-0.2, -0.15) is 0 Å². The monoisotopic (exact) mass is 289 g/mol. The Morgan fingerprint density at radius 1 is 1.29 bits per heavy atom. The van der Waals surface area contributed by atoms with Gasteiger partial charge in [0.15, 0.2) is 0 Å². The van der Waals surface area contributed by atoms with E-state index in [1.807, 2.05) is 13.8 Å². The Labute approximate surface area is 123 Å². The van der Waals surface area contributed by atoms with Gasteiger partial charge in [0.2, 0.25) is 11.8 Å². The molecular formula is C15H19N3O3. The molecule has 0 fully saturated rings. The lowest BCUT2D eigenvalue weighted by molar-refractivity contribution is 0.0953. The molecule has 1 aromatic carbocycles. The van der Waals surface area contributed by atoms with Crippen molar-refractivity contribution < 1.29 is 13.9 Å². The zero-order chi connectivity index (χ0) is 15.2. The van der Waals surface area contributed by atoms with Gasteiger partial charge >= 0.3 is 0 Å². The van der Waals surface area contributed by atoms with Crippen molar-refractivity contribution in [3.8, 4) is 5.75 Å². The van der Waals surface area contributed by atoms with Gasteiger partial charge in [-0.05, 0) is 24.3 Å². The average molecular weight is 289 g/mol. The minimum absolute atomic E-state index is 0.138. The molecule has 2 aromatic rings. The SMILES string of the molecule is COc1ccc(C(=O)NCCc2nnc(C(C)C)o2)cc1. The Morgan fingerprint density at radius 3 is 2.57 bits per heavy atom. The lowest BCUT2D eigenvalue weighted by Crippen LogP contribution is -2.25. The Hall–Kier alpha value is -2.37. The van der Waals surface area contributed by atoms with E-state index in [2.05, 4.69) is 15.5 Å². The van der Waals surface area contributed by atoms with Crippen LogP contribution in [0.25, 0.3) is 0 Å². The van der Waals surface area contributed by atoms with Crippen LogP contribution in [0.15, 0.2) is 28.7 Å². The molecule has 1 aromatic heterocycles. The molecule has 21 heavy (non-hydrogen) atoms. The van der Waals surface area contributed by atoms with Crippen LogP contribution in [0.4, 0.5) is 0 Å². The van der Waals surface area contributed by atoms with E-state index < -0.39 is 0 Å². The predicted octanol–water partition coefficient (Wildman–Crippen LogP) is 2.17. The van der Waals surface area contributed by atoms with Gasteiger partial charge in [0.1, 0.15) is 5.75 Å². The minimum atomic E-state index is -0.138. The number of methoxy groups -OCH3 is 1. The molecule has 0 radical (unpaired) electrons. The van der Waals surface area contributed by atoms with Gasteiger partial charge in [0.05, 0.1) is 7.11 Å². The summed E-state index contributed by atoms with van der Waals surface area (Å²) in [7, 11) is 1.59. The quantitative estimate of drug-likeness (QED) is 0.882. The van der Waals surface area contributed by atoms with Gasteiger partial charge in [0, 0.05) is 24.4 Å². The maximum atomic E-state index is 11.9. The number of carbonyl (C=O) groups is 1. The van der Waals surface area contributed by atoms with E-state index >= 15 is 0 Å². The molecule has 0 aliphatic carbocycles. The number of amides is 1. The molecule has 6 nitrogen and oxygen atoms in total. The molecule has 1 N–H and O–H groups in total. The van der Waals surface area contributed by atoms with Gasteiger partial charge in [-0.15, -0.1) is 10.2 Å². The number of ether oxygens (including phenoxy) is 1. The highest BCUT2D eigenvalue weighted by Crippen LogP contribution is 2.12. The van der Waals surface area contributed by atoms with Crippen molar-refractivity contribution >= 4 is 5.91 Å². The first-order valence-corrected chi connectivity index (χ1v) is 6.84. The Balaban J connectivity index is 1.82. The summed E-state index contributed by atoms with van der Waals surface area (Å²) in [6.07, 6.45) is 0.515. The van der Waals surface area contributed by atoms with Crippen LogP contribution in [0.2, 0.25) is 0 Å². The number of hydrogen-bond acceptors (Lipinski definition) is 5. The van der Waals surface area contributed by atoms with Gasteiger partial charge in [-0.3, -0.25) is 4.79 Å². The third kappa shape index (κ3) is 4.05. The normalized spacial score (nSPS) is 10.7. The zero-order valence-corrected chi connectivity index (χ0v) is 12.4. The second kappa shape index (κ2) is 6.88. The Morgan fingerprint density at radius 2 is 2.00 bits per heavy atom. The van der Waals surface area contributed by atoms with Crippen LogP contribution in [-0.4, -0.2) is 29.8 Å². The van der Waals surface area contributed by atoms with Crippen molar-refractivity contribution in [2.45, 2.75) is 26.2 Å². The molecule has 0 atom stereocenters. The first kappa shape index (κ1) is 15.0. The topological polar surface area (TPSA) is 77.2 Å². The summed E-state index contributed by atoms with van der Waals surface area (Å²) in [5, 5.41) is 10.7. The van der Waals surface area contributed by atoms with Gasteiger partial charge in [-0.1, -0.05) is 13.8 Å². The first-order valence-electron chi connectivity index (χ1n) is 6.84. The average Bonchev–Trinajstić information content (AvgIpc) is 2.96. The number of benzene rings is 1. The fraction of sp³-hybridized carbons (Fsp3) is 0.400. The van der Waals surface area contributed by atoms with Crippen LogP contribution >= 0.6 is 0 Å². The highest BCUT2D eigenvalue weighted by atomic mass is 16.5. The Kier molecular flexibility index (Phi) is 4.92. The molecule has 1 heterocycles. The number of carbonyl (C=O) groups excluding carboxylic acids is 1. The summed E-state index contributed by atoms with van der Waals surface area (Å²) in [4.78, 5) is 11.9. The van der Waals surface area contributed by atoms with Crippen molar-refractivity contribution in [1.29, 1.82) is 0 Å². The highest BCUT2D eigenvalue weighted by molar-refractivity contribution is 5.94. The molecule has 1 amide bonds. The minimum Gasteiger partial charge on any atom is -0.497 e. The van der Waals surface area contributed by atoms with E-state index in [9.17, 15) is 4.79 Å². The second-order valence-corrected chi connectivity index (χ2v) is 4.92. The molecule has 2 rings (SSSR count). The van der Waals surface area contributed by atoms with Crippen LogP contribution in [0.3, 0.4) is 0 Å². The molecule has 112 valence electrons. The highest BCUT2D eigenvalue weighted by Gasteiger charge is 2.10. The lowest BCUT2D eigenvalue weighted by atomic mass is 10.2. The smallest absolute Gasteiger partial charge is 0.251 e. The van der Waals surface area contributed by atoms with Gasteiger partial charge < -0.3 is 14.5 Å². The van der Waals surface area contributed by atoms with Crippen molar-refractivity contribution in [3.05, 3.63) is 41.6 Å². The molecule has 6 heteroatoms. The van der Waals surface area contributed by atoms with E-state index in [4.69, 9.17) is 9.15 Å². The summed E-state index contributed by atoms with van der Waals surface area (Å²) in [6, 6.07) is 6.94.